The highest BCUT2D eigenvalue weighted by molar-refractivity contribution is 9.10. The van der Waals surface area contributed by atoms with Crippen LogP contribution in [-0.2, 0) is 5.54 Å². The molecule has 1 aromatic carbocycles. The van der Waals surface area contributed by atoms with Crippen molar-refractivity contribution < 1.29 is 9.84 Å². The Morgan fingerprint density at radius 1 is 1.38 bits per heavy atom. The minimum atomic E-state index is -0.391. The van der Waals surface area contributed by atoms with Gasteiger partial charge in [-0.2, -0.15) is 0 Å². The summed E-state index contributed by atoms with van der Waals surface area (Å²) in [6, 6.07) is 3.49. The molecule has 16 heavy (non-hydrogen) atoms. The van der Waals surface area contributed by atoms with Crippen molar-refractivity contribution in [1.29, 1.82) is 0 Å². The molecule has 0 unspecified atom stereocenters. The number of methoxy groups -OCH3 is 1. The summed E-state index contributed by atoms with van der Waals surface area (Å²) in [7, 11) is 1.61. The molecule has 3 nitrogen and oxygen atoms in total. The summed E-state index contributed by atoms with van der Waals surface area (Å²) in [4.78, 5) is 0. The van der Waals surface area contributed by atoms with Crippen LogP contribution in [0, 0.1) is 0 Å². The summed E-state index contributed by atoms with van der Waals surface area (Å²) in [6.45, 7) is 0. The lowest BCUT2D eigenvalue weighted by atomic mass is 9.88. The molecule has 1 aromatic rings. The highest BCUT2D eigenvalue weighted by atomic mass is 79.9. The van der Waals surface area contributed by atoms with E-state index in [1.807, 2.05) is 6.07 Å². The molecule has 0 spiro atoms. The van der Waals surface area contributed by atoms with Gasteiger partial charge in [-0.15, -0.1) is 0 Å². The minimum absolute atomic E-state index is 0.247. The Morgan fingerprint density at radius 3 is 2.56 bits per heavy atom. The van der Waals surface area contributed by atoms with E-state index >= 15 is 0 Å². The summed E-state index contributed by atoms with van der Waals surface area (Å²) in [5.74, 6) is 0.960. The SMILES string of the molecule is COc1cc(C2(N)CCCC2)c(O)cc1Br. The predicted octanol–water partition coefficient (Wildman–Crippen LogP) is 2.89. The number of halogens is 1. The first-order valence-corrected chi connectivity index (χ1v) is 6.22. The summed E-state index contributed by atoms with van der Waals surface area (Å²) in [5, 5.41) is 9.97. The van der Waals surface area contributed by atoms with Crippen LogP contribution in [0.4, 0.5) is 0 Å². The molecular weight excluding hydrogens is 270 g/mol. The zero-order chi connectivity index (χ0) is 11.8. The Balaban J connectivity index is 2.47. The molecule has 0 aliphatic heterocycles. The first-order chi connectivity index (χ1) is 7.57. The molecule has 0 heterocycles. The van der Waals surface area contributed by atoms with Gasteiger partial charge in [0, 0.05) is 11.1 Å². The van der Waals surface area contributed by atoms with Crippen molar-refractivity contribution in [3.05, 3.63) is 22.2 Å². The third-order valence-electron chi connectivity index (χ3n) is 3.30. The fourth-order valence-corrected chi connectivity index (χ4v) is 2.87. The maximum atomic E-state index is 9.97. The van der Waals surface area contributed by atoms with Crippen molar-refractivity contribution in [3.63, 3.8) is 0 Å². The highest BCUT2D eigenvalue weighted by Gasteiger charge is 2.34. The summed E-state index contributed by atoms with van der Waals surface area (Å²) in [5.41, 5.74) is 6.73. The molecule has 1 aliphatic carbocycles. The van der Waals surface area contributed by atoms with Gasteiger partial charge in [0.2, 0.25) is 0 Å². The molecule has 1 fully saturated rings. The molecule has 1 saturated carbocycles. The van der Waals surface area contributed by atoms with Gasteiger partial charge in [0.05, 0.1) is 11.6 Å². The number of nitrogens with two attached hydrogens (primary N) is 1. The van der Waals surface area contributed by atoms with Gasteiger partial charge in [0.25, 0.3) is 0 Å². The van der Waals surface area contributed by atoms with Gasteiger partial charge in [0.15, 0.2) is 0 Å². The quantitative estimate of drug-likeness (QED) is 0.879. The average Bonchev–Trinajstić information content (AvgIpc) is 2.66. The lowest BCUT2D eigenvalue weighted by Crippen LogP contribution is -2.33. The summed E-state index contributed by atoms with van der Waals surface area (Å²) >= 11 is 3.34. The second-order valence-electron chi connectivity index (χ2n) is 4.37. The number of aromatic hydroxyl groups is 1. The fraction of sp³-hybridized carbons (Fsp3) is 0.500. The van der Waals surface area contributed by atoms with Gasteiger partial charge in [-0.05, 0) is 40.9 Å². The molecule has 0 saturated heterocycles. The maximum Gasteiger partial charge on any atom is 0.133 e. The molecule has 88 valence electrons. The summed E-state index contributed by atoms with van der Waals surface area (Å²) in [6.07, 6.45) is 4.08. The molecule has 0 atom stereocenters. The zero-order valence-corrected chi connectivity index (χ0v) is 10.9. The van der Waals surface area contributed by atoms with Crippen molar-refractivity contribution in [2.45, 2.75) is 31.2 Å². The van der Waals surface area contributed by atoms with Crippen molar-refractivity contribution in [3.8, 4) is 11.5 Å². The van der Waals surface area contributed by atoms with Gasteiger partial charge < -0.3 is 15.6 Å². The van der Waals surface area contributed by atoms with Crippen molar-refractivity contribution >= 4 is 15.9 Å². The maximum absolute atomic E-state index is 9.97. The Morgan fingerprint density at radius 2 is 2.00 bits per heavy atom. The van der Waals surface area contributed by atoms with Crippen LogP contribution < -0.4 is 10.5 Å². The van der Waals surface area contributed by atoms with Gasteiger partial charge >= 0.3 is 0 Å². The van der Waals surface area contributed by atoms with Crippen LogP contribution in [-0.4, -0.2) is 12.2 Å². The van der Waals surface area contributed by atoms with E-state index < -0.39 is 5.54 Å². The van der Waals surface area contributed by atoms with Gasteiger partial charge in [0.1, 0.15) is 11.5 Å². The van der Waals surface area contributed by atoms with Crippen molar-refractivity contribution in [2.24, 2.45) is 5.73 Å². The van der Waals surface area contributed by atoms with E-state index in [0.29, 0.717) is 5.75 Å². The Bertz CT molecular complexity index is 400. The lowest BCUT2D eigenvalue weighted by Gasteiger charge is -2.25. The van der Waals surface area contributed by atoms with E-state index in [0.717, 1.165) is 35.7 Å². The highest BCUT2D eigenvalue weighted by Crippen LogP contribution is 2.43. The number of rotatable bonds is 2. The van der Waals surface area contributed by atoms with Crippen LogP contribution in [0.15, 0.2) is 16.6 Å². The zero-order valence-electron chi connectivity index (χ0n) is 9.29. The van der Waals surface area contributed by atoms with E-state index in [1.54, 1.807) is 13.2 Å². The van der Waals surface area contributed by atoms with Crippen molar-refractivity contribution in [2.75, 3.05) is 7.11 Å². The molecule has 0 aromatic heterocycles. The van der Waals surface area contributed by atoms with Crippen LogP contribution in [0.2, 0.25) is 0 Å². The molecule has 3 N–H and O–H groups in total. The van der Waals surface area contributed by atoms with Gasteiger partial charge in [-0.1, -0.05) is 12.8 Å². The second-order valence-corrected chi connectivity index (χ2v) is 5.22. The Kier molecular flexibility index (Phi) is 3.13. The average molecular weight is 286 g/mol. The van der Waals surface area contributed by atoms with E-state index in [9.17, 15) is 5.11 Å². The first kappa shape index (κ1) is 11.7. The number of ether oxygens (including phenoxy) is 1. The van der Waals surface area contributed by atoms with Crippen molar-refractivity contribution in [1.82, 2.24) is 0 Å². The van der Waals surface area contributed by atoms with Crippen LogP contribution in [0.25, 0.3) is 0 Å². The summed E-state index contributed by atoms with van der Waals surface area (Å²) < 4.78 is 5.98. The van der Waals surface area contributed by atoms with Crippen LogP contribution in [0.5, 0.6) is 11.5 Å². The third-order valence-corrected chi connectivity index (χ3v) is 3.92. The molecule has 2 rings (SSSR count). The Hall–Kier alpha value is -0.740. The topological polar surface area (TPSA) is 55.5 Å². The van der Waals surface area contributed by atoms with Gasteiger partial charge in [-0.3, -0.25) is 0 Å². The molecule has 4 heteroatoms. The number of benzene rings is 1. The smallest absolute Gasteiger partial charge is 0.133 e. The largest absolute Gasteiger partial charge is 0.508 e. The molecular formula is C12H16BrNO2. The molecule has 0 radical (unpaired) electrons. The number of phenols is 1. The Labute approximate surface area is 104 Å². The fourth-order valence-electron chi connectivity index (χ4n) is 2.37. The third kappa shape index (κ3) is 1.92. The number of hydrogen-bond acceptors (Lipinski definition) is 3. The number of hydrogen-bond donors (Lipinski definition) is 2. The molecule has 1 aliphatic rings. The monoisotopic (exact) mass is 285 g/mol. The van der Waals surface area contributed by atoms with Crippen LogP contribution in [0.1, 0.15) is 31.2 Å². The van der Waals surface area contributed by atoms with E-state index in [4.69, 9.17) is 10.5 Å². The first-order valence-electron chi connectivity index (χ1n) is 5.43. The lowest BCUT2D eigenvalue weighted by molar-refractivity contribution is 0.389. The van der Waals surface area contributed by atoms with Gasteiger partial charge in [-0.25, -0.2) is 0 Å². The van der Waals surface area contributed by atoms with Crippen LogP contribution >= 0.6 is 15.9 Å². The molecule has 0 bridgehead atoms. The minimum Gasteiger partial charge on any atom is -0.508 e. The van der Waals surface area contributed by atoms with E-state index in [2.05, 4.69) is 15.9 Å². The second kappa shape index (κ2) is 4.26. The standard InChI is InChI=1S/C12H16BrNO2/c1-16-11-6-8(10(15)7-9(11)13)12(14)4-2-3-5-12/h6-7,15H,2-5,14H2,1H3. The van der Waals surface area contributed by atoms with Crippen LogP contribution in [0.3, 0.4) is 0 Å². The number of phenolic OH excluding ortho intramolecular Hbond substituents is 1. The normalized spacial score (nSPS) is 18.7. The van der Waals surface area contributed by atoms with E-state index in [-0.39, 0.29) is 5.75 Å². The molecule has 0 amide bonds. The predicted molar refractivity (Wildman–Crippen MR) is 66.7 cm³/mol. The van der Waals surface area contributed by atoms with E-state index in [1.165, 1.54) is 0 Å².